The molecule has 3 rings (SSSR count). The Morgan fingerprint density at radius 2 is 1.71 bits per heavy atom. The summed E-state index contributed by atoms with van der Waals surface area (Å²) in [6.07, 6.45) is 7.34. The Kier molecular flexibility index (Phi) is 2.61. The van der Waals surface area contributed by atoms with Gasteiger partial charge in [0.1, 0.15) is 0 Å². The van der Waals surface area contributed by atoms with E-state index in [4.69, 9.17) is 0 Å². The molecule has 0 aliphatic carbocycles. The second-order valence-corrected chi connectivity index (χ2v) is 4.75. The van der Waals surface area contributed by atoms with E-state index < -0.39 is 0 Å². The average Bonchev–Trinajstić information content (AvgIpc) is 2.38. The second-order valence-electron chi connectivity index (χ2n) is 3.83. The van der Waals surface area contributed by atoms with Crippen LogP contribution in [0.2, 0.25) is 0 Å². The second kappa shape index (κ2) is 4.26. The molecule has 1 aromatic carbocycles. The van der Waals surface area contributed by atoms with Gasteiger partial charge < -0.3 is 0 Å². The highest BCUT2D eigenvalue weighted by Gasteiger charge is 2.00. The summed E-state index contributed by atoms with van der Waals surface area (Å²) in [5.41, 5.74) is 2.27. The van der Waals surface area contributed by atoms with Crippen LogP contribution >= 0.6 is 15.9 Å². The number of halogens is 1. The molecule has 0 radical (unpaired) electrons. The zero-order chi connectivity index (χ0) is 11.7. The third-order valence-electron chi connectivity index (χ3n) is 2.68. The highest BCUT2D eigenvalue weighted by molar-refractivity contribution is 9.10. The minimum absolute atomic E-state index is 0.991. The summed E-state index contributed by atoms with van der Waals surface area (Å²) in [5, 5.41) is 2.34. The Bertz CT molecular complexity index is 680. The van der Waals surface area contributed by atoms with Crippen molar-refractivity contribution in [2.24, 2.45) is 0 Å². The summed E-state index contributed by atoms with van der Waals surface area (Å²) >= 11 is 3.44. The zero-order valence-electron chi connectivity index (χ0n) is 8.97. The average molecular weight is 285 g/mol. The van der Waals surface area contributed by atoms with E-state index in [0.717, 1.165) is 21.0 Å². The Balaban J connectivity index is 2.18. The van der Waals surface area contributed by atoms with Gasteiger partial charge in [-0.1, -0.05) is 12.1 Å². The molecular formula is C14H9BrN2. The molecule has 17 heavy (non-hydrogen) atoms. The normalized spacial score (nSPS) is 10.6. The van der Waals surface area contributed by atoms with Gasteiger partial charge in [0.05, 0.1) is 0 Å². The lowest BCUT2D eigenvalue weighted by molar-refractivity contribution is 1.31. The van der Waals surface area contributed by atoms with Crippen molar-refractivity contribution in [2.75, 3.05) is 0 Å². The summed E-state index contributed by atoms with van der Waals surface area (Å²) in [5.74, 6) is 0. The molecule has 0 unspecified atom stereocenters. The highest BCUT2D eigenvalue weighted by Crippen LogP contribution is 2.25. The van der Waals surface area contributed by atoms with Crippen LogP contribution < -0.4 is 0 Å². The molecule has 0 N–H and O–H groups in total. The number of hydrogen-bond donors (Lipinski definition) is 0. The van der Waals surface area contributed by atoms with Crippen LogP contribution in [0, 0.1) is 0 Å². The van der Waals surface area contributed by atoms with Gasteiger partial charge in [-0.2, -0.15) is 0 Å². The molecule has 0 spiro atoms. The number of fused-ring (bicyclic) bond motifs is 1. The molecule has 0 fully saturated rings. The first-order valence-corrected chi connectivity index (χ1v) is 6.07. The maximum absolute atomic E-state index is 4.18. The van der Waals surface area contributed by atoms with E-state index in [1.165, 1.54) is 5.39 Å². The van der Waals surface area contributed by atoms with Gasteiger partial charge >= 0.3 is 0 Å². The van der Waals surface area contributed by atoms with Crippen molar-refractivity contribution >= 4 is 26.7 Å². The van der Waals surface area contributed by atoms with Gasteiger partial charge in [0.15, 0.2) is 0 Å². The van der Waals surface area contributed by atoms with E-state index in [1.54, 1.807) is 6.20 Å². The first-order valence-electron chi connectivity index (χ1n) is 5.28. The maximum Gasteiger partial charge on any atom is 0.0410 e. The Labute approximate surface area is 107 Å². The van der Waals surface area contributed by atoms with E-state index in [-0.39, 0.29) is 0 Å². The molecule has 2 nitrogen and oxygen atoms in total. The van der Waals surface area contributed by atoms with Crippen molar-refractivity contribution in [3.63, 3.8) is 0 Å². The monoisotopic (exact) mass is 284 g/mol. The SMILES string of the molecule is Brc1cncc(-c2ccc3cnccc3c2)c1. The zero-order valence-corrected chi connectivity index (χ0v) is 10.6. The molecule has 0 aliphatic heterocycles. The van der Waals surface area contributed by atoms with Crippen LogP contribution in [0.5, 0.6) is 0 Å². The summed E-state index contributed by atoms with van der Waals surface area (Å²) in [6, 6.07) is 10.4. The lowest BCUT2D eigenvalue weighted by Gasteiger charge is -2.03. The molecule has 0 amide bonds. The number of pyridine rings is 2. The first-order chi connectivity index (χ1) is 8.33. The first kappa shape index (κ1) is 10.4. The van der Waals surface area contributed by atoms with E-state index in [0.29, 0.717) is 0 Å². The van der Waals surface area contributed by atoms with Gasteiger partial charge in [-0.3, -0.25) is 9.97 Å². The highest BCUT2D eigenvalue weighted by atomic mass is 79.9. The van der Waals surface area contributed by atoms with Crippen molar-refractivity contribution < 1.29 is 0 Å². The summed E-state index contributed by atoms with van der Waals surface area (Å²) in [7, 11) is 0. The molecule has 3 aromatic rings. The number of rotatable bonds is 1. The fraction of sp³-hybridized carbons (Fsp3) is 0. The lowest BCUT2D eigenvalue weighted by atomic mass is 10.0. The van der Waals surface area contributed by atoms with Gasteiger partial charge in [-0.25, -0.2) is 0 Å². The number of nitrogens with zero attached hydrogens (tertiary/aromatic N) is 2. The van der Waals surface area contributed by atoms with Crippen molar-refractivity contribution in [2.45, 2.75) is 0 Å². The number of benzene rings is 1. The minimum Gasteiger partial charge on any atom is -0.264 e. The van der Waals surface area contributed by atoms with E-state index >= 15 is 0 Å². The van der Waals surface area contributed by atoms with Crippen molar-refractivity contribution in [3.05, 3.63) is 59.6 Å². The Hall–Kier alpha value is -1.74. The third-order valence-corrected chi connectivity index (χ3v) is 3.11. The molecule has 2 heterocycles. The fourth-order valence-corrected chi connectivity index (χ4v) is 2.20. The van der Waals surface area contributed by atoms with Gasteiger partial charge in [0.2, 0.25) is 0 Å². The summed E-state index contributed by atoms with van der Waals surface area (Å²) in [4.78, 5) is 8.29. The molecule has 0 aliphatic rings. The smallest absolute Gasteiger partial charge is 0.0410 e. The molecule has 0 bridgehead atoms. The van der Waals surface area contributed by atoms with Gasteiger partial charge in [-0.15, -0.1) is 0 Å². The van der Waals surface area contributed by atoms with Crippen molar-refractivity contribution in [3.8, 4) is 11.1 Å². The van der Waals surface area contributed by atoms with E-state index in [9.17, 15) is 0 Å². The predicted octanol–water partition coefficient (Wildman–Crippen LogP) is 4.06. The topological polar surface area (TPSA) is 25.8 Å². The van der Waals surface area contributed by atoms with Crippen LogP contribution in [0.3, 0.4) is 0 Å². The molecular weight excluding hydrogens is 276 g/mol. The van der Waals surface area contributed by atoms with E-state index in [2.05, 4.69) is 50.2 Å². The molecule has 0 atom stereocenters. The lowest BCUT2D eigenvalue weighted by Crippen LogP contribution is -1.82. The van der Waals surface area contributed by atoms with Crippen LogP contribution in [0.1, 0.15) is 0 Å². The summed E-state index contributed by atoms with van der Waals surface area (Å²) < 4.78 is 0.991. The standard InChI is InChI=1S/C14H9BrN2/c15-14-6-13(8-17-9-14)10-1-2-12-7-16-4-3-11(12)5-10/h1-9H. The Morgan fingerprint density at radius 1 is 0.765 bits per heavy atom. The fourth-order valence-electron chi connectivity index (χ4n) is 1.83. The van der Waals surface area contributed by atoms with Crippen molar-refractivity contribution in [1.82, 2.24) is 9.97 Å². The van der Waals surface area contributed by atoms with Crippen LogP contribution in [-0.4, -0.2) is 9.97 Å². The maximum atomic E-state index is 4.18. The number of aromatic nitrogens is 2. The van der Waals surface area contributed by atoms with Gasteiger partial charge in [0, 0.05) is 40.2 Å². The quantitative estimate of drug-likeness (QED) is 0.673. The molecule has 0 saturated carbocycles. The molecule has 2 aromatic heterocycles. The van der Waals surface area contributed by atoms with Crippen molar-refractivity contribution in [1.29, 1.82) is 0 Å². The Morgan fingerprint density at radius 3 is 2.59 bits per heavy atom. The molecule has 82 valence electrons. The van der Waals surface area contributed by atoms with Crippen LogP contribution in [0.25, 0.3) is 21.9 Å². The van der Waals surface area contributed by atoms with Gasteiger partial charge in [0.25, 0.3) is 0 Å². The number of hydrogen-bond acceptors (Lipinski definition) is 2. The van der Waals surface area contributed by atoms with Crippen LogP contribution in [0.4, 0.5) is 0 Å². The molecule has 0 saturated heterocycles. The predicted molar refractivity (Wildman–Crippen MR) is 72.7 cm³/mol. The van der Waals surface area contributed by atoms with Gasteiger partial charge in [-0.05, 0) is 45.1 Å². The largest absolute Gasteiger partial charge is 0.264 e. The van der Waals surface area contributed by atoms with E-state index in [1.807, 2.05) is 24.7 Å². The van der Waals surface area contributed by atoms with Crippen LogP contribution in [-0.2, 0) is 0 Å². The van der Waals surface area contributed by atoms with Crippen LogP contribution in [0.15, 0.2) is 59.6 Å². The third kappa shape index (κ3) is 2.06. The molecule has 3 heteroatoms. The minimum atomic E-state index is 0.991. The summed E-state index contributed by atoms with van der Waals surface area (Å²) in [6.45, 7) is 0.